The molecular formula is C13H17FN2O4S. The number of benzene rings is 1. The van der Waals surface area contributed by atoms with Gasteiger partial charge in [0.25, 0.3) is 0 Å². The molecule has 0 spiro atoms. The summed E-state index contributed by atoms with van der Waals surface area (Å²) < 4.78 is 40.3. The number of nitrogens with zero attached hydrogens (tertiary/aromatic N) is 2. The molecule has 1 fully saturated rings. The van der Waals surface area contributed by atoms with Crippen molar-refractivity contribution in [3.63, 3.8) is 0 Å². The number of carboxylic acids is 1. The van der Waals surface area contributed by atoms with Gasteiger partial charge in [-0.15, -0.1) is 0 Å². The number of likely N-dealkylation sites (N-methyl/N-ethyl adjacent to an activating group) is 1. The molecule has 0 aliphatic carbocycles. The first-order valence-corrected chi connectivity index (χ1v) is 7.90. The van der Waals surface area contributed by atoms with E-state index >= 15 is 0 Å². The van der Waals surface area contributed by atoms with Crippen molar-refractivity contribution in [2.24, 2.45) is 0 Å². The Bertz CT molecular complexity index is 662. The molecule has 0 aromatic heterocycles. The van der Waals surface area contributed by atoms with Crippen molar-refractivity contribution in [1.82, 2.24) is 9.21 Å². The molecule has 0 bridgehead atoms. The highest BCUT2D eigenvalue weighted by Gasteiger charge is 2.34. The Morgan fingerprint density at radius 3 is 2.57 bits per heavy atom. The first-order chi connectivity index (χ1) is 9.73. The Morgan fingerprint density at radius 1 is 1.38 bits per heavy atom. The normalized spacial score (nSPS) is 21.4. The number of piperazine rings is 1. The highest BCUT2D eigenvalue weighted by molar-refractivity contribution is 7.89. The van der Waals surface area contributed by atoms with E-state index in [1.165, 1.54) is 4.31 Å². The summed E-state index contributed by atoms with van der Waals surface area (Å²) in [4.78, 5) is 12.3. The Labute approximate surface area is 122 Å². The summed E-state index contributed by atoms with van der Waals surface area (Å²) in [6, 6.07) is 2.57. The summed E-state index contributed by atoms with van der Waals surface area (Å²) in [5, 5.41) is 8.79. The molecule has 1 saturated heterocycles. The highest BCUT2D eigenvalue weighted by Crippen LogP contribution is 2.24. The Hall–Kier alpha value is -1.51. The largest absolute Gasteiger partial charge is 0.478 e. The van der Waals surface area contributed by atoms with E-state index in [0.29, 0.717) is 13.1 Å². The second-order valence-corrected chi connectivity index (χ2v) is 7.04. The number of hydrogen-bond donors (Lipinski definition) is 1. The molecule has 8 heteroatoms. The number of hydrogen-bond acceptors (Lipinski definition) is 4. The predicted molar refractivity (Wildman–Crippen MR) is 74.2 cm³/mol. The molecule has 0 radical (unpaired) electrons. The number of aromatic carboxylic acids is 1. The van der Waals surface area contributed by atoms with Gasteiger partial charge < -0.3 is 10.0 Å². The molecule has 1 aromatic carbocycles. The van der Waals surface area contributed by atoms with Crippen LogP contribution < -0.4 is 0 Å². The fourth-order valence-corrected chi connectivity index (χ4v) is 4.11. The molecule has 6 nitrogen and oxygen atoms in total. The lowest BCUT2D eigenvalue weighted by atomic mass is 10.2. The van der Waals surface area contributed by atoms with Crippen LogP contribution in [0.15, 0.2) is 23.1 Å². The van der Waals surface area contributed by atoms with E-state index in [4.69, 9.17) is 5.11 Å². The Balaban J connectivity index is 2.38. The molecule has 1 aliphatic rings. The smallest absolute Gasteiger partial charge is 0.335 e. The Morgan fingerprint density at radius 2 is 2.05 bits per heavy atom. The third kappa shape index (κ3) is 3.07. The number of carboxylic acid groups (broad SMARTS) is 1. The Kier molecular flexibility index (Phi) is 4.31. The van der Waals surface area contributed by atoms with Gasteiger partial charge in [-0.05, 0) is 32.2 Å². The van der Waals surface area contributed by atoms with Crippen molar-refractivity contribution in [3.05, 3.63) is 29.6 Å². The molecule has 116 valence electrons. The van der Waals surface area contributed by atoms with Crippen LogP contribution in [0.25, 0.3) is 0 Å². The lowest BCUT2D eigenvalue weighted by molar-refractivity contribution is 0.0696. The van der Waals surface area contributed by atoms with Gasteiger partial charge >= 0.3 is 5.97 Å². The minimum atomic E-state index is -3.97. The van der Waals surface area contributed by atoms with Crippen molar-refractivity contribution in [2.75, 3.05) is 26.7 Å². The van der Waals surface area contributed by atoms with E-state index in [0.717, 1.165) is 18.2 Å². The molecule has 0 saturated carbocycles. The minimum absolute atomic E-state index is 0.271. The molecule has 1 atom stereocenters. The second kappa shape index (κ2) is 5.70. The van der Waals surface area contributed by atoms with Crippen LogP contribution in [-0.4, -0.2) is 61.4 Å². The molecule has 1 heterocycles. The van der Waals surface area contributed by atoms with E-state index < -0.39 is 26.7 Å². The molecule has 21 heavy (non-hydrogen) atoms. The van der Waals surface area contributed by atoms with Gasteiger partial charge in [0.15, 0.2) is 0 Å². The molecule has 1 aliphatic heterocycles. The number of rotatable bonds is 3. The minimum Gasteiger partial charge on any atom is -0.478 e. The third-order valence-electron chi connectivity index (χ3n) is 3.54. The van der Waals surface area contributed by atoms with E-state index in [2.05, 4.69) is 0 Å². The molecule has 1 unspecified atom stereocenters. The standard InChI is InChI=1S/C13H17FN2O4S/c1-9-8-15(2)5-6-16(9)21(19,20)12-4-3-10(13(17)18)7-11(12)14/h3-4,7,9H,5-6,8H2,1-2H3,(H,17,18). The SMILES string of the molecule is CC1CN(C)CCN1S(=O)(=O)c1ccc(C(=O)O)cc1F. The van der Waals surface area contributed by atoms with Crippen molar-refractivity contribution >= 4 is 16.0 Å². The molecular weight excluding hydrogens is 299 g/mol. The van der Waals surface area contributed by atoms with Gasteiger partial charge in [-0.2, -0.15) is 4.31 Å². The van der Waals surface area contributed by atoms with Crippen LogP contribution in [0.5, 0.6) is 0 Å². The summed E-state index contributed by atoms with van der Waals surface area (Å²) in [7, 11) is -2.08. The van der Waals surface area contributed by atoms with Crippen molar-refractivity contribution in [3.8, 4) is 0 Å². The van der Waals surface area contributed by atoms with Crippen LogP contribution in [-0.2, 0) is 10.0 Å². The van der Waals surface area contributed by atoms with E-state index in [1.807, 2.05) is 11.9 Å². The fourth-order valence-electron chi connectivity index (χ4n) is 2.45. The topological polar surface area (TPSA) is 77.9 Å². The van der Waals surface area contributed by atoms with Crippen LogP contribution in [0.2, 0.25) is 0 Å². The second-order valence-electron chi connectivity index (χ2n) is 5.18. The summed E-state index contributed by atoms with van der Waals surface area (Å²) in [5.41, 5.74) is -0.280. The molecule has 1 aromatic rings. The third-order valence-corrected chi connectivity index (χ3v) is 5.58. The van der Waals surface area contributed by atoms with Crippen molar-refractivity contribution in [1.29, 1.82) is 0 Å². The van der Waals surface area contributed by atoms with Gasteiger partial charge in [-0.1, -0.05) is 0 Å². The van der Waals surface area contributed by atoms with Crippen LogP contribution in [0.1, 0.15) is 17.3 Å². The monoisotopic (exact) mass is 316 g/mol. The van der Waals surface area contributed by atoms with Crippen molar-refractivity contribution in [2.45, 2.75) is 17.9 Å². The van der Waals surface area contributed by atoms with Gasteiger partial charge in [-0.25, -0.2) is 17.6 Å². The van der Waals surface area contributed by atoms with Crippen LogP contribution in [0.4, 0.5) is 4.39 Å². The summed E-state index contributed by atoms with van der Waals surface area (Å²) >= 11 is 0. The van der Waals surface area contributed by atoms with Gasteiger partial charge in [0.05, 0.1) is 5.56 Å². The van der Waals surface area contributed by atoms with E-state index in [-0.39, 0.29) is 18.2 Å². The van der Waals surface area contributed by atoms with E-state index in [9.17, 15) is 17.6 Å². The van der Waals surface area contributed by atoms with Gasteiger partial charge in [0.1, 0.15) is 10.7 Å². The zero-order chi connectivity index (χ0) is 15.8. The predicted octanol–water partition coefficient (Wildman–Crippen LogP) is 0.849. The summed E-state index contributed by atoms with van der Waals surface area (Å²) in [6.45, 7) is 3.17. The van der Waals surface area contributed by atoms with Crippen molar-refractivity contribution < 1.29 is 22.7 Å². The first kappa shape index (κ1) is 15.9. The quantitative estimate of drug-likeness (QED) is 0.894. The fraction of sp³-hybridized carbons (Fsp3) is 0.462. The maximum atomic E-state index is 14.0. The van der Waals surface area contributed by atoms with Gasteiger partial charge in [0, 0.05) is 25.7 Å². The average Bonchev–Trinajstić information content (AvgIpc) is 2.37. The molecule has 1 N–H and O–H groups in total. The summed E-state index contributed by atoms with van der Waals surface area (Å²) in [6.07, 6.45) is 0. The van der Waals surface area contributed by atoms with E-state index in [1.54, 1.807) is 6.92 Å². The summed E-state index contributed by atoms with van der Waals surface area (Å²) in [5.74, 6) is -2.34. The average molecular weight is 316 g/mol. The van der Waals surface area contributed by atoms with Gasteiger partial charge in [-0.3, -0.25) is 0 Å². The maximum Gasteiger partial charge on any atom is 0.335 e. The van der Waals surface area contributed by atoms with Crippen LogP contribution >= 0.6 is 0 Å². The lowest BCUT2D eigenvalue weighted by Crippen LogP contribution is -2.52. The van der Waals surface area contributed by atoms with Gasteiger partial charge in [0.2, 0.25) is 10.0 Å². The number of halogens is 1. The number of sulfonamides is 1. The zero-order valence-corrected chi connectivity index (χ0v) is 12.6. The first-order valence-electron chi connectivity index (χ1n) is 6.46. The zero-order valence-electron chi connectivity index (χ0n) is 11.8. The lowest BCUT2D eigenvalue weighted by Gasteiger charge is -2.37. The molecule has 0 amide bonds. The van der Waals surface area contributed by atoms with Crippen LogP contribution in [0, 0.1) is 5.82 Å². The number of carbonyl (C=O) groups is 1. The van der Waals surface area contributed by atoms with Crippen LogP contribution in [0.3, 0.4) is 0 Å². The highest BCUT2D eigenvalue weighted by atomic mass is 32.2. The maximum absolute atomic E-state index is 14.0. The molecule has 2 rings (SSSR count).